The summed E-state index contributed by atoms with van der Waals surface area (Å²) < 4.78 is 40.2. The topological polar surface area (TPSA) is 156 Å². The molecule has 3 atom stereocenters. The fraction of sp³-hybridized carbons (Fsp3) is 0.500. The van der Waals surface area contributed by atoms with Gasteiger partial charge < -0.3 is 25.3 Å². The van der Waals surface area contributed by atoms with Crippen molar-refractivity contribution in [3.63, 3.8) is 0 Å². The number of hydrogen-bond acceptors (Lipinski definition) is 11. The van der Waals surface area contributed by atoms with Crippen molar-refractivity contribution in [2.75, 3.05) is 31.0 Å². The molecule has 1 aliphatic carbocycles. The number of methoxy groups -OCH3 is 1. The minimum Gasteiger partial charge on any atom is -0.474 e. The molecule has 0 unspecified atom stereocenters. The molecule has 1 saturated carbocycles. The van der Waals surface area contributed by atoms with E-state index >= 15 is 0 Å². The third-order valence-corrected chi connectivity index (χ3v) is 8.71. The monoisotopic (exact) mass is 569 g/mol. The van der Waals surface area contributed by atoms with E-state index in [1.807, 2.05) is 26.8 Å². The van der Waals surface area contributed by atoms with E-state index in [0.717, 1.165) is 10.9 Å². The van der Waals surface area contributed by atoms with Crippen LogP contribution in [0.1, 0.15) is 61.1 Å². The number of anilines is 2. The fourth-order valence-electron chi connectivity index (χ4n) is 5.35. The summed E-state index contributed by atoms with van der Waals surface area (Å²) >= 11 is 0. The summed E-state index contributed by atoms with van der Waals surface area (Å²) in [6.07, 6.45) is 5.54. The number of sulfone groups is 1. The van der Waals surface area contributed by atoms with Crippen LogP contribution < -0.4 is 15.8 Å². The van der Waals surface area contributed by atoms with Crippen molar-refractivity contribution >= 4 is 38.2 Å². The summed E-state index contributed by atoms with van der Waals surface area (Å²) in [6.45, 7) is 5.97. The Morgan fingerprint density at radius 2 is 1.90 bits per heavy atom. The van der Waals surface area contributed by atoms with Crippen LogP contribution >= 0.6 is 0 Å². The van der Waals surface area contributed by atoms with E-state index in [-0.39, 0.29) is 42.4 Å². The SMILES string of the molecule is COC[C@@](C)(N)c1cnc(OC2CC(CS(C)(=O)=O)C2)c2cnc(Nc3ccc4c(n3)[C@@H](C)[C@H](C)OC4=O)cc12. The number of fused-ring (bicyclic) bond motifs is 2. The third kappa shape index (κ3) is 5.74. The smallest absolute Gasteiger partial charge is 0.340 e. The van der Waals surface area contributed by atoms with E-state index in [4.69, 9.17) is 24.9 Å². The average Bonchev–Trinajstić information content (AvgIpc) is 2.85. The van der Waals surface area contributed by atoms with Gasteiger partial charge in [0.15, 0.2) is 0 Å². The molecule has 0 aromatic carbocycles. The zero-order valence-corrected chi connectivity index (χ0v) is 24.1. The minimum atomic E-state index is -3.03. The molecule has 3 aromatic heterocycles. The lowest BCUT2D eigenvalue weighted by Gasteiger charge is -2.35. The normalized spacial score (nSPS) is 24.0. The molecule has 0 radical (unpaired) electrons. The van der Waals surface area contributed by atoms with Gasteiger partial charge in [0.25, 0.3) is 0 Å². The Bertz CT molecular complexity index is 1550. The second-order valence-corrected chi connectivity index (χ2v) is 13.5. The van der Waals surface area contributed by atoms with Crippen molar-refractivity contribution in [1.29, 1.82) is 0 Å². The molecule has 3 aromatic rings. The second kappa shape index (κ2) is 10.6. The van der Waals surface area contributed by atoms with Gasteiger partial charge in [0.05, 0.1) is 34.5 Å². The van der Waals surface area contributed by atoms with Gasteiger partial charge in [0.2, 0.25) is 5.88 Å². The molecular formula is C28H35N5O6S. The number of hydrogen-bond donors (Lipinski definition) is 2. The summed E-state index contributed by atoms with van der Waals surface area (Å²) in [4.78, 5) is 26.2. The lowest BCUT2D eigenvalue weighted by atomic mass is 9.84. The molecule has 214 valence electrons. The first-order chi connectivity index (χ1) is 18.8. The number of esters is 1. The van der Waals surface area contributed by atoms with Gasteiger partial charge in [-0.2, -0.15) is 0 Å². The summed E-state index contributed by atoms with van der Waals surface area (Å²) in [5, 5.41) is 4.73. The molecule has 1 fully saturated rings. The molecule has 5 rings (SSSR count). The first-order valence-electron chi connectivity index (χ1n) is 13.2. The Balaban J connectivity index is 1.46. The number of nitrogens with one attached hydrogen (secondary N) is 1. The third-order valence-electron chi connectivity index (χ3n) is 7.63. The van der Waals surface area contributed by atoms with Crippen LogP contribution in [-0.4, -0.2) is 67.3 Å². The predicted octanol–water partition coefficient (Wildman–Crippen LogP) is 3.45. The maximum absolute atomic E-state index is 12.3. The summed E-state index contributed by atoms with van der Waals surface area (Å²) in [7, 11) is -1.44. The zero-order chi connectivity index (χ0) is 28.8. The second-order valence-electron chi connectivity index (χ2n) is 11.3. The van der Waals surface area contributed by atoms with Gasteiger partial charge in [-0.1, -0.05) is 6.92 Å². The van der Waals surface area contributed by atoms with Gasteiger partial charge in [0, 0.05) is 37.2 Å². The lowest BCUT2D eigenvalue weighted by molar-refractivity contribution is 0.0235. The van der Waals surface area contributed by atoms with E-state index < -0.39 is 15.4 Å². The molecule has 3 N–H and O–H groups in total. The number of rotatable bonds is 9. The molecule has 0 spiro atoms. The van der Waals surface area contributed by atoms with Crippen LogP contribution in [0.4, 0.5) is 11.6 Å². The number of cyclic esters (lactones) is 1. The van der Waals surface area contributed by atoms with Gasteiger partial charge in [-0.05, 0) is 56.2 Å². The molecule has 11 nitrogen and oxygen atoms in total. The predicted molar refractivity (Wildman–Crippen MR) is 151 cm³/mol. The fourth-order valence-corrected chi connectivity index (χ4v) is 6.48. The molecule has 2 aliphatic rings. The van der Waals surface area contributed by atoms with Crippen molar-refractivity contribution < 1.29 is 27.4 Å². The highest BCUT2D eigenvalue weighted by atomic mass is 32.2. The van der Waals surface area contributed by atoms with Crippen molar-refractivity contribution in [1.82, 2.24) is 15.0 Å². The highest BCUT2D eigenvalue weighted by molar-refractivity contribution is 7.90. The van der Waals surface area contributed by atoms with E-state index in [1.54, 1.807) is 31.6 Å². The van der Waals surface area contributed by atoms with E-state index in [9.17, 15) is 13.2 Å². The Kier molecular flexibility index (Phi) is 7.45. The van der Waals surface area contributed by atoms with Gasteiger partial charge in [0.1, 0.15) is 33.7 Å². The summed E-state index contributed by atoms with van der Waals surface area (Å²) in [6, 6.07) is 5.30. The quantitative estimate of drug-likeness (QED) is 0.364. The number of pyridine rings is 3. The summed E-state index contributed by atoms with van der Waals surface area (Å²) in [5.74, 6) is 1.32. The van der Waals surface area contributed by atoms with Crippen molar-refractivity contribution in [3.8, 4) is 5.88 Å². The molecule has 0 saturated heterocycles. The maximum atomic E-state index is 12.3. The molecule has 40 heavy (non-hydrogen) atoms. The standard InChI is InChI=1S/C28H35N5O6S/c1-15-16(2)38-27(34)19-6-7-23(33-25(15)19)32-24-10-20-21(11-30-24)26(31-12-22(20)28(3,29)14-37-4)39-18-8-17(9-18)13-40(5,35)36/h6-7,10-12,15-18H,8-9,13-14,29H2,1-5H3,(H,30,32,33)/t15-,16-,17?,18?,28+/m0/s1. The molecule has 0 bridgehead atoms. The van der Waals surface area contributed by atoms with Crippen LogP contribution in [0.5, 0.6) is 5.88 Å². The Labute approximate surface area is 233 Å². The van der Waals surface area contributed by atoms with Crippen LogP contribution in [0.25, 0.3) is 10.8 Å². The largest absolute Gasteiger partial charge is 0.474 e. The van der Waals surface area contributed by atoms with Crippen LogP contribution in [0.3, 0.4) is 0 Å². The molecular weight excluding hydrogens is 534 g/mol. The van der Waals surface area contributed by atoms with E-state index in [0.29, 0.717) is 47.0 Å². The average molecular weight is 570 g/mol. The lowest BCUT2D eigenvalue weighted by Crippen LogP contribution is -2.39. The van der Waals surface area contributed by atoms with Gasteiger partial charge in [-0.25, -0.2) is 28.2 Å². The van der Waals surface area contributed by atoms with Crippen LogP contribution in [0, 0.1) is 5.92 Å². The van der Waals surface area contributed by atoms with E-state index in [2.05, 4.69) is 15.3 Å². The summed E-state index contributed by atoms with van der Waals surface area (Å²) in [5.41, 5.74) is 7.70. The van der Waals surface area contributed by atoms with Crippen molar-refractivity contribution in [3.05, 3.63) is 47.4 Å². The highest BCUT2D eigenvalue weighted by Gasteiger charge is 2.35. The van der Waals surface area contributed by atoms with Crippen molar-refractivity contribution in [2.24, 2.45) is 11.7 Å². The van der Waals surface area contributed by atoms with Crippen LogP contribution in [-0.2, 0) is 24.8 Å². The number of carbonyl (C=O) groups is 1. The zero-order valence-electron chi connectivity index (χ0n) is 23.3. The number of ether oxygens (including phenoxy) is 3. The van der Waals surface area contributed by atoms with Gasteiger partial charge in [-0.3, -0.25) is 0 Å². The van der Waals surface area contributed by atoms with Crippen molar-refractivity contribution in [2.45, 2.75) is 57.3 Å². The van der Waals surface area contributed by atoms with Gasteiger partial charge >= 0.3 is 5.97 Å². The number of aromatic nitrogens is 3. The Morgan fingerprint density at radius 1 is 1.15 bits per heavy atom. The first-order valence-corrected chi connectivity index (χ1v) is 15.3. The molecule has 12 heteroatoms. The Morgan fingerprint density at radius 3 is 2.60 bits per heavy atom. The molecule has 4 heterocycles. The maximum Gasteiger partial charge on any atom is 0.340 e. The van der Waals surface area contributed by atoms with E-state index in [1.165, 1.54) is 6.26 Å². The molecule has 1 aliphatic heterocycles. The highest BCUT2D eigenvalue weighted by Crippen LogP contribution is 2.37. The number of nitrogens with zero attached hydrogens (tertiary/aromatic N) is 3. The minimum absolute atomic E-state index is 0.0491. The number of carbonyl (C=O) groups excluding carboxylic acids is 1. The van der Waals surface area contributed by atoms with Crippen LogP contribution in [0.15, 0.2) is 30.6 Å². The van der Waals surface area contributed by atoms with Crippen LogP contribution in [0.2, 0.25) is 0 Å². The first kappa shape index (κ1) is 28.2. The van der Waals surface area contributed by atoms with Gasteiger partial charge in [-0.15, -0.1) is 0 Å². The molecule has 0 amide bonds. The Hall–Kier alpha value is -3.35. The number of nitrogens with two attached hydrogens (primary N) is 1.